The van der Waals surface area contributed by atoms with E-state index in [0.29, 0.717) is 0 Å². The molecule has 0 saturated carbocycles. The first-order chi connectivity index (χ1) is 6.18. The van der Waals surface area contributed by atoms with Crippen molar-refractivity contribution < 1.29 is 9.90 Å². The molecule has 6 nitrogen and oxygen atoms in total. The molecule has 2 heterocycles. The molecule has 2 rings (SSSR count). The smallest absolute Gasteiger partial charge is 0.360 e. The van der Waals surface area contributed by atoms with Crippen molar-refractivity contribution in [3.8, 4) is 0 Å². The molecular formula is C7H6N4O2. The van der Waals surface area contributed by atoms with E-state index < -0.39 is 5.97 Å². The van der Waals surface area contributed by atoms with Crippen molar-refractivity contribution in [1.29, 1.82) is 0 Å². The van der Waals surface area contributed by atoms with Gasteiger partial charge in [-0.3, -0.25) is 0 Å². The van der Waals surface area contributed by atoms with Crippen LogP contribution in [0.3, 0.4) is 0 Å². The quantitative estimate of drug-likeness (QED) is 0.671. The lowest BCUT2D eigenvalue weighted by Gasteiger charge is -1.92. The fourth-order valence-corrected chi connectivity index (χ4v) is 1.02. The third-order valence-electron chi connectivity index (χ3n) is 1.59. The van der Waals surface area contributed by atoms with Crippen molar-refractivity contribution in [2.75, 3.05) is 0 Å². The number of hydrogen-bond acceptors (Lipinski definition) is 4. The molecule has 0 bridgehead atoms. The summed E-state index contributed by atoms with van der Waals surface area (Å²) < 4.78 is 1.35. The molecule has 0 amide bonds. The van der Waals surface area contributed by atoms with Crippen LogP contribution in [-0.4, -0.2) is 30.9 Å². The lowest BCUT2D eigenvalue weighted by molar-refractivity contribution is 0.0692. The first-order valence-electron chi connectivity index (χ1n) is 3.59. The average molecular weight is 178 g/mol. The summed E-state index contributed by atoms with van der Waals surface area (Å²) in [7, 11) is 0. The Bertz CT molecular complexity index is 476. The highest BCUT2D eigenvalue weighted by Crippen LogP contribution is 2.04. The summed E-state index contributed by atoms with van der Waals surface area (Å²) in [5.41, 5.74) is 1.03. The van der Waals surface area contributed by atoms with Gasteiger partial charge in [0.2, 0.25) is 5.69 Å². The van der Waals surface area contributed by atoms with Crippen LogP contribution in [0.15, 0.2) is 12.4 Å². The molecular weight excluding hydrogens is 172 g/mol. The largest absolute Gasteiger partial charge is 0.476 e. The lowest BCUT2D eigenvalue weighted by atomic mass is 10.4. The van der Waals surface area contributed by atoms with E-state index in [-0.39, 0.29) is 11.3 Å². The SMILES string of the molecule is Cc1cnc2c(C(=O)O)nnn2c1. The first kappa shape index (κ1) is 7.66. The molecule has 0 unspecified atom stereocenters. The van der Waals surface area contributed by atoms with Gasteiger partial charge in [-0.05, 0) is 12.5 Å². The molecule has 0 aromatic carbocycles. The number of nitrogens with zero attached hydrogens (tertiary/aromatic N) is 4. The fraction of sp³-hybridized carbons (Fsp3) is 0.143. The molecule has 13 heavy (non-hydrogen) atoms. The zero-order valence-corrected chi connectivity index (χ0v) is 6.80. The van der Waals surface area contributed by atoms with E-state index in [1.54, 1.807) is 12.4 Å². The van der Waals surface area contributed by atoms with E-state index in [1.807, 2.05) is 6.92 Å². The molecule has 0 saturated heterocycles. The third kappa shape index (κ3) is 1.12. The number of carbonyl (C=O) groups is 1. The molecule has 0 fully saturated rings. The van der Waals surface area contributed by atoms with Crippen molar-refractivity contribution in [2.24, 2.45) is 0 Å². The van der Waals surface area contributed by atoms with E-state index >= 15 is 0 Å². The van der Waals surface area contributed by atoms with Gasteiger partial charge in [-0.15, -0.1) is 5.10 Å². The second-order valence-electron chi connectivity index (χ2n) is 2.64. The molecule has 0 radical (unpaired) electrons. The van der Waals surface area contributed by atoms with Gasteiger partial charge in [0.15, 0.2) is 5.65 Å². The number of carboxylic acids is 1. The summed E-state index contributed by atoms with van der Waals surface area (Å²) >= 11 is 0. The topological polar surface area (TPSA) is 80.4 Å². The molecule has 0 spiro atoms. The van der Waals surface area contributed by atoms with Gasteiger partial charge in [-0.2, -0.15) is 0 Å². The number of hydrogen-bond donors (Lipinski definition) is 1. The number of aryl methyl sites for hydroxylation is 1. The summed E-state index contributed by atoms with van der Waals surface area (Å²) in [5.74, 6) is -1.12. The molecule has 1 N–H and O–H groups in total. The minimum Gasteiger partial charge on any atom is -0.476 e. The maximum absolute atomic E-state index is 10.6. The Hall–Kier alpha value is -1.98. The Kier molecular flexibility index (Phi) is 1.48. The number of rotatable bonds is 1. The molecule has 0 aliphatic rings. The Morgan fingerprint density at radius 1 is 1.62 bits per heavy atom. The minimum atomic E-state index is -1.12. The van der Waals surface area contributed by atoms with Crippen LogP contribution in [-0.2, 0) is 0 Å². The van der Waals surface area contributed by atoms with E-state index in [9.17, 15) is 4.79 Å². The zero-order valence-electron chi connectivity index (χ0n) is 6.80. The van der Waals surface area contributed by atoms with Gasteiger partial charge in [-0.1, -0.05) is 5.21 Å². The molecule has 2 aromatic rings. The molecule has 66 valence electrons. The maximum Gasteiger partial charge on any atom is 0.360 e. The van der Waals surface area contributed by atoms with Crippen molar-refractivity contribution in [2.45, 2.75) is 6.92 Å². The van der Waals surface area contributed by atoms with Crippen LogP contribution in [0.2, 0.25) is 0 Å². The van der Waals surface area contributed by atoms with Gasteiger partial charge in [0, 0.05) is 12.4 Å². The predicted octanol–water partition coefficient (Wildman–Crippen LogP) is 0.131. The minimum absolute atomic E-state index is 0.125. The predicted molar refractivity (Wildman–Crippen MR) is 42.5 cm³/mol. The van der Waals surface area contributed by atoms with E-state index in [2.05, 4.69) is 15.3 Å². The highest BCUT2D eigenvalue weighted by atomic mass is 16.4. The number of carboxylic acid groups (broad SMARTS) is 1. The monoisotopic (exact) mass is 178 g/mol. The van der Waals surface area contributed by atoms with Crippen LogP contribution in [0.4, 0.5) is 0 Å². The average Bonchev–Trinajstić information content (AvgIpc) is 2.46. The summed E-state index contributed by atoms with van der Waals surface area (Å²) in [6.07, 6.45) is 3.24. The Morgan fingerprint density at radius 2 is 2.38 bits per heavy atom. The molecule has 2 aromatic heterocycles. The van der Waals surface area contributed by atoms with Crippen LogP contribution in [0, 0.1) is 6.92 Å². The van der Waals surface area contributed by atoms with Crippen molar-refractivity contribution in [3.63, 3.8) is 0 Å². The highest BCUT2D eigenvalue weighted by Gasteiger charge is 2.13. The van der Waals surface area contributed by atoms with Gasteiger partial charge in [0.1, 0.15) is 0 Å². The maximum atomic E-state index is 10.6. The van der Waals surface area contributed by atoms with Gasteiger partial charge in [0.05, 0.1) is 0 Å². The Labute approximate surface area is 72.8 Å². The normalized spacial score (nSPS) is 10.5. The van der Waals surface area contributed by atoms with E-state index in [1.165, 1.54) is 4.52 Å². The summed E-state index contributed by atoms with van der Waals surface area (Å²) in [6.45, 7) is 1.84. The molecule has 0 aliphatic carbocycles. The van der Waals surface area contributed by atoms with Crippen molar-refractivity contribution in [1.82, 2.24) is 19.8 Å². The Morgan fingerprint density at radius 3 is 3.08 bits per heavy atom. The fourth-order valence-electron chi connectivity index (χ4n) is 1.02. The first-order valence-corrected chi connectivity index (χ1v) is 3.59. The van der Waals surface area contributed by atoms with Gasteiger partial charge < -0.3 is 5.11 Å². The third-order valence-corrected chi connectivity index (χ3v) is 1.59. The summed E-state index contributed by atoms with van der Waals surface area (Å²) in [6, 6.07) is 0. The second kappa shape index (κ2) is 2.51. The number of fused-ring (bicyclic) bond motifs is 1. The van der Waals surface area contributed by atoms with E-state index in [0.717, 1.165) is 5.56 Å². The van der Waals surface area contributed by atoms with Crippen molar-refractivity contribution >= 4 is 11.6 Å². The van der Waals surface area contributed by atoms with Crippen molar-refractivity contribution in [3.05, 3.63) is 23.7 Å². The Balaban J connectivity index is 2.76. The van der Waals surface area contributed by atoms with Gasteiger partial charge in [0.25, 0.3) is 0 Å². The summed E-state index contributed by atoms with van der Waals surface area (Å²) in [4.78, 5) is 14.5. The van der Waals surface area contributed by atoms with Crippen LogP contribution >= 0.6 is 0 Å². The lowest BCUT2D eigenvalue weighted by Crippen LogP contribution is -1.99. The number of aromatic carboxylic acids is 1. The van der Waals surface area contributed by atoms with Crippen LogP contribution < -0.4 is 0 Å². The number of aromatic nitrogens is 4. The molecule has 6 heteroatoms. The van der Waals surface area contributed by atoms with Crippen LogP contribution in [0.1, 0.15) is 16.1 Å². The van der Waals surface area contributed by atoms with Gasteiger partial charge >= 0.3 is 5.97 Å². The second-order valence-corrected chi connectivity index (χ2v) is 2.64. The highest BCUT2D eigenvalue weighted by molar-refractivity contribution is 5.91. The van der Waals surface area contributed by atoms with Crippen LogP contribution in [0.25, 0.3) is 5.65 Å². The van der Waals surface area contributed by atoms with E-state index in [4.69, 9.17) is 5.11 Å². The summed E-state index contributed by atoms with van der Waals surface area (Å²) in [5, 5.41) is 15.8. The standard InChI is InChI=1S/C7H6N4O2/c1-4-2-8-6-5(7(12)13)9-10-11(6)3-4/h2-3H,1H3,(H,12,13). The van der Waals surface area contributed by atoms with Crippen LogP contribution in [0.5, 0.6) is 0 Å². The molecule has 0 aliphatic heterocycles. The zero-order chi connectivity index (χ0) is 9.42. The molecule has 0 atom stereocenters. The van der Waals surface area contributed by atoms with Gasteiger partial charge in [-0.25, -0.2) is 14.3 Å².